The molecule has 1 fully saturated rings. The summed E-state index contributed by atoms with van der Waals surface area (Å²) in [6.45, 7) is 0. The van der Waals surface area contributed by atoms with Crippen molar-refractivity contribution in [3.8, 4) is 11.5 Å². The van der Waals surface area contributed by atoms with Crippen molar-refractivity contribution in [2.24, 2.45) is 4.99 Å². The van der Waals surface area contributed by atoms with E-state index in [1.165, 1.54) is 12.8 Å². The fraction of sp³-hybridized carbons (Fsp3) is 0.150. The SMILES string of the molecule is Clc1ccccc1N=c1scc(-c2cc3ccccc3o2)n1C1CC1. The molecule has 0 amide bonds. The van der Waals surface area contributed by atoms with Crippen LogP contribution in [-0.2, 0) is 0 Å². The van der Waals surface area contributed by atoms with Crippen molar-refractivity contribution in [3.05, 3.63) is 69.8 Å². The summed E-state index contributed by atoms with van der Waals surface area (Å²) in [6.07, 6.45) is 2.36. The molecule has 0 saturated heterocycles. The molecule has 0 unspecified atom stereocenters. The highest BCUT2D eigenvalue weighted by atomic mass is 35.5. The summed E-state index contributed by atoms with van der Waals surface area (Å²) >= 11 is 7.91. The highest BCUT2D eigenvalue weighted by Crippen LogP contribution is 2.39. The third kappa shape index (κ3) is 2.71. The van der Waals surface area contributed by atoms with Crippen LogP contribution in [-0.4, -0.2) is 4.57 Å². The first kappa shape index (κ1) is 15.0. The van der Waals surface area contributed by atoms with Gasteiger partial charge in [0.1, 0.15) is 5.58 Å². The number of hydrogen-bond donors (Lipinski definition) is 0. The molecule has 5 heteroatoms. The normalized spacial score (nSPS) is 15.2. The maximum atomic E-state index is 6.28. The molecule has 0 aliphatic heterocycles. The maximum Gasteiger partial charge on any atom is 0.190 e. The van der Waals surface area contributed by atoms with Gasteiger partial charge in [-0.25, -0.2) is 4.99 Å². The van der Waals surface area contributed by atoms with E-state index >= 15 is 0 Å². The zero-order valence-electron chi connectivity index (χ0n) is 13.4. The summed E-state index contributed by atoms with van der Waals surface area (Å²) in [5, 5.41) is 3.92. The molecule has 2 heterocycles. The number of aromatic nitrogens is 1. The van der Waals surface area contributed by atoms with Crippen molar-refractivity contribution in [1.82, 2.24) is 4.57 Å². The summed E-state index contributed by atoms with van der Waals surface area (Å²) in [6, 6.07) is 18.4. The second-order valence-corrected chi connectivity index (χ2v) is 7.46. The second kappa shape index (κ2) is 5.90. The Kier molecular flexibility index (Phi) is 3.54. The van der Waals surface area contributed by atoms with Gasteiger partial charge in [0.05, 0.1) is 16.4 Å². The molecule has 1 saturated carbocycles. The van der Waals surface area contributed by atoms with Crippen molar-refractivity contribution in [2.45, 2.75) is 18.9 Å². The van der Waals surface area contributed by atoms with E-state index in [1.54, 1.807) is 11.3 Å². The Balaban J connectivity index is 1.69. The van der Waals surface area contributed by atoms with Crippen LogP contribution in [0.4, 0.5) is 5.69 Å². The molecule has 3 nitrogen and oxygen atoms in total. The van der Waals surface area contributed by atoms with Crippen LogP contribution >= 0.6 is 22.9 Å². The standard InChI is InChI=1S/C20H15ClN2OS/c21-15-6-2-3-7-16(15)22-20-23(14-9-10-14)17(12-25-20)19-11-13-5-1-4-8-18(13)24-19/h1-8,11-12,14H,9-10H2. The summed E-state index contributed by atoms with van der Waals surface area (Å²) < 4.78 is 8.38. The van der Waals surface area contributed by atoms with E-state index in [1.807, 2.05) is 42.5 Å². The first-order valence-corrected chi connectivity index (χ1v) is 9.53. The zero-order chi connectivity index (χ0) is 16.8. The summed E-state index contributed by atoms with van der Waals surface area (Å²) in [5.74, 6) is 0.893. The van der Waals surface area contributed by atoms with Crippen LogP contribution in [0.1, 0.15) is 18.9 Å². The second-order valence-electron chi connectivity index (χ2n) is 6.22. The molecule has 4 aromatic rings. The number of rotatable bonds is 3. The van der Waals surface area contributed by atoms with Crippen molar-refractivity contribution < 1.29 is 4.42 Å². The van der Waals surface area contributed by atoms with Gasteiger partial charge < -0.3 is 8.98 Å². The first-order valence-electron chi connectivity index (χ1n) is 8.28. The lowest BCUT2D eigenvalue weighted by Crippen LogP contribution is -2.14. The van der Waals surface area contributed by atoms with E-state index < -0.39 is 0 Å². The van der Waals surface area contributed by atoms with Gasteiger partial charge in [-0.1, -0.05) is 41.9 Å². The van der Waals surface area contributed by atoms with Crippen molar-refractivity contribution >= 4 is 39.6 Å². The predicted molar refractivity (Wildman–Crippen MR) is 102 cm³/mol. The Labute approximate surface area is 153 Å². The van der Waals surface area contributed by atoms with Crippen LogP contribution < -0.4 is 4.80 Å². The van der Waals surface area contributed by atoms with Gasteiger partial charge >= 0.3 is 0 Å². The average Bonchev–Trinajstić information content (AvgIpc) is 3.23. The van der Waals surface area contributed by atoms with Gasteiger partial charge in [-0.3, -0.25) is 0 Å². The van der Waals surface area contributed by atoms with E-state index in [-0.39, 0.29) is 0 Å². The molecule has 0 atom stereocenters. The van der Waals surface area contributed by atoms with Crippen molar-refractivity contribution in [3.63, 3.8) is 0 Å². The van der Waals surface area contributed by atoms with Gasteiger partial charge in [-0.2, -0.15) is 0 Å². The van der Waals surface area contributed by atoms with Gasteiger partial charge in [0, 0.05) is 16.8 Å². The highest BCUT2D eigenvalue weighted by molar-refractivity contribution is 7.07. The van der Waals surface area contributed by atoms with Gasteiger partial charge in [0.25, 0.3) is 0 Å². The molecule has 1 aliphatic carbocycles. The monoisotopic (exact) mass is 366 g/mol. The average molecular weight is 367 g/mol. The van der Waals surface area contributed by atoms with E-state index in [0.717, 1.165) is 32.9 Å². The number of halogens is 1. The fourth-order valence-electron chi connectivity index (χ4n) is 3.02. The molecular weight excluding hydrogens is 352 g/mol. The molecule has 2 aromatic heterocycles. The number of thiazole rings is 1. The van der Waals surface area contributed by atoms with Crippen LogP contribution in [0.25, 0.3) is 22.4 Å². The number of furan rings is 1. The Morgan fingerprint density at radius 2 is 1.88 bits per heavy atom. The molecule has 0 spiro atoms. The molecule has 1 aliphatic rings. The smallest absolute Gasteiger partial charge is 0.190 e. The van der Waals surface area contributed by atoms with Crippen LogP contribution in [0.3, 0.4) is 0 Å². The van der Waals surface area contributed by atoms with Crippen LogP contribution in [0.5, 0.6) is 0 Å². The minimum Gasteiger partial charge on any atom is -0.454 e. The Bertz CT molecular complexity index is 1100. The Morgan fingerprint density at radius 1 is 1.08 bits per heavy atom. The first-order chi connectivity index (χ1) is 12.3. The number of nitrogens with zero attached hydrogens (tertiary/aromatic N) is 2. The van der Waals surface area contributed by atoms with E-state index in [9.17, 15) is 0 Å². The Morgan fingerprint density at radius 3 is 2.68 bits per heavy atom. The highest BCUT2D eigenvalue weighted by Gasteiger charge is 2.28. The van der Waals surface area contributed by atoms with Crippen molar-refractivity contribution in [2.75, 3.05) is 0 Å². The number of para-hydroxylation sites is 2. The van der Waals surface area contributed by atoms with E-state index in [0.29, 0.717) is 11.1 Å². The van der Waals surface area contributed by atoms with Gasteiger partial charge in [0.2, 0.25) is 0 Å². The van der Waals surface area contributed by atoms with Crippen molar-refractivity contribution in [1.29, 1.82) is 0 Å². The van der Waals surface area contributed by atoms with Crippen LogP contribution in [0.15, 0.2) is 69.4 Å². The predicted octanol–water partition coefficient (Wildman–Crippen LogP) is 6.18. The third-order valence-electron chi connectivity index (χ3n) is 4.40. The lowest BCUT2D eigenvalue weighted by atomic mass is 10.2. The summed E-state index contributed by atoms with van der Waals surface area (Å²) in [5.41, 5.74) is 2.81. The lowest BCUT2D eigenvalue weighted by Gasteiger charge is -2.05. The van der Waals surface area contributed by atoms with Crippen LogP contribution in [0.2, 0.25) is 5.02 Å². The molecule has 2 aromatic carbocycles. The molecule has 0 radical (unpaired) electrons. The maximum absolute atomic E-state index is 6.28. The lowest BCUT2D eigenvalue weighted by molar-refractivity contribution is 0.613. The molecule has 5 rings (SSSR count). The molecule has 124 valence electrons. The summed E-state index contributed by atoms with van der Waals surface area (Å²) in [4.78, 5) is 5.77. The minimum atomic E-state index is 0.496. The van der Waals surface area contributed by atoms with Gasteiger partial charge in [-0.15, -0.1) is 11.3 Å². The fourth-order valence-corrected chi connectivity index (χ4v) is 4.16. The van der Waals surface area contributed by atoms with E-state index in [4.69, 9.17) is 21.0 Å². The molecule has 0 N–H and O–H groups in total. The van der Waals surface area contributed by atoms with Gasteiger partial charge in [0.15, 0.2) is 10.6 Å². The molecular formula is C20H15ClN2OS. The molecule has 0 bridgehead atoms. The third-order valence-corrected chi connectivity index (χ3v) is 5.56. The largest absolute Gasteiger partial charge is 0.454 e. The minimum absolute atomic E-state index is 0.496. The number of fused-ring (bicyclic) bond motifs is 1. The zero-order valence-corrected chi connectivity index (χ0v) is 14.9. The molecule has 25 heavy (non-hydrogen) atoms. The summed E-state index contributed by atoms with van der Waals surface area (Å²) in [7, 11) is 0. The quantitative estimate of drug-likeness (QED) is 0.425. The van der Waals surface area contributed by atoms with E-state index in [2.05, 4.69) is 22.1 Å². The number of benzene rings is 2. The van der Waals surface area contributed by atoms with Crippen LogP contribution in [0, 0.1) is 0 Å². The number of hydrogen-bond acceptors (Lipinski definition) is 3. The topological polar surface area (TPSA) is 30.4 Å². The Hall–Kier alpha value is -2.30. The van der Waals surface area contributed by atoms with Gasteiger partial charge in [-0.05, 0) is 37.1 Å².